The maximum Gasteiger partial charge on any atom is 0.434 e. The van der Waals surface area contributed by atoms with E-state index >= 15 is 0 Å². The third-order valence-corrected chi connectivity index (χ3v) is 10.2. The minimum absolute atomic E-state index is 0.00850. The normalized spacial score (nSPS) is 20.4. The Balaban J connectivity index is 1.30. The monoisotopic (exact) mass is 692 g/mol. The Morgan fingerprint density at radius 1 is 1.08 bits per heavy atom. The van der Waals surface area contributed by atoms with Crippen molar-refractivity contribution in [1.82, 2.24) is 20.0 Å². The molecular formula is C32H44N4O11S. The number of hydroxylamine groups is 2. The van der Waals surface area contributed by atoms with E-state index in [0.29, 0.717) is 41.9 Å². The number of sulfonamides is 1. The van der Waals surface area contributed by atoms with Gasteiger partial charge in [0.15, 0.2) is 17.8 Å². The van der Waals surface area contributed by atoms with Gasteiger partial charge in [-0.1, -0.05) is 26.0 Å². The molecule has 0 saturated carbocycles. The van der Waals surface area contributed by atoms with E-state index in [1.807, 2.05) is 13.8 Å². The number of nitrogens with one attached hydrogen (secondary N) is 2. The fourth-order valence-corrected chi connectivity index (χ4v) is 7.44. The average Bonchev–Trinajstić information content (AvgIpc) is 3.83. The molecule has 264 valence electrons. The summed E-state index contributed by atoms with van der Waals surface area (Å²) >= 11 is 0. The number of hydrogen-bond acceptors (Lipinski definition) is 11. The Morgan fingerprint density at radius 2 is 1.85 bits per heavy atom. The highest BCUT2D eigenvalue weighted by atomic mass is 32.2. The summed E-state index contributed by atoms with van der Waals surface area (Å²) in [5.41, 5.74) is 0.769. The van der Waals surface area contributed by atoms with Gasteiger partial charge in [-0.2, -0.15) is 9.37 Å². The van der Waals surface area contributed by atoms with Crippen LogP contribution in [0.5, 0.6) is 17.2 Å². The number of amides is 3. The molecule has 2 aromatic carbocycles. The molecule has 0 aliphatic carbocycles. The molecular weight excluding hydrogens is 648 g/mol. The van der Waals surface area contributed by atoms with Gasteiger partial charge in [0.2, 0.25) is 16.8 Å². The van der Waals surface area contributed by atoms with Crippen LogP contribution in [-0.4, -0.2) is 107 Å². The average molecular weight is 693 g/mol. The van der Waals surface area contributed by atoms with Crippen LogP contribution in [0.4, 0.5) is 9.59 Å². The first-order valence-electron chi connectivity index (χ1n) is 16.0. The van der Waals surface area contributed by atoms with Crippen LogP contribution in [0.1, 0.15) is 32.3 Å². The summed E-state index contributed by atoms with van der Waals surface area (Å²) < 4.78 is 62.3. The maximum atomic E-state index is 13.9. The van der Waals surface area contributed by atoms with Crippen LogP contribution in [0.15, 0.2) is 47.4 Å². The zero-order chi connectivity index (χ0) is 34.3. The van der Waals surface area contributed by atoms with E-state index < -0.39 is 34.6 Å². The van der Waals surface area contributed by atoms with Crippen molar-refractivity contribution in [3.63, 3.8) is 0 Å². The minimum Gasteiger partial charge on any atom is -0.492 e. The van der Waals surface area contributed by atoms with E-state index in [1.165, 1.54) is 23.5 Å². The van der Waals surface area contributed by atoms with Gasteiger partial charge < -0.3 is 39.1 Å². The lowest BCUT2D eigenvalue weighted by Gasteiger charge is -2.30. The van der Waals surface area contributed by atoms with E-state index in [1.54, 1.807) is 30.3 Å². The molecule has 0 spiro atoms. The molecule has 0 bridgehead atoms. The van der Waals surface area contributed by atoms with Gasteiger partial charge in [0.25, 0.3) is 0 Å². The Labute approximate surface area is 280 Å². The third kappa shape index (κ3) is 8.79. The molecule has 4 unspecified atom stereocenters. The molecule has 2 aromatic rings. The summed E-state index contributed by atoms with van der Waals surface area (Å²) in [5.74, 6) is 1.27. The molecule has 2 fully saturated rings. The molecule has 3 amide bonds. The van der Waals surface area contributed by atoms with Crippen LogP contribution in [0, 0.1) is 11.8 Å². The van der Waals surface area contributed by atoms with Gasteiger partial charge in [-0.15, -0.1) is 0 Å². The first-order valence-corrected chi connectivity index (χ1v) is 17.5. The van der Waals surface area contributed by atoms with Crippen LogP contribution >= 0.6 is 0 Å². The van der Waals surface area contributed by atoms with Crippen molar-refractivity contribution in [3.8, 4) is 17.2 Å². The molecule has 3 aliphatic heterocycles. The first kappa shape index (κ1) is 35.5. The van der Waals surface area contributed by atoms with Gasteiger partial charge in [-0.25, -0.2) is 18.0 Å². The molecule has 15 nitrogen and oxygen atoms in total. The molecule has 3 aliphatic rings. The van der Waals surface area contributed by atoms with E-state index in [0.717, 1.165) is 5.56 Å². The highest BCUT2D eigenvalue weighted by Crippen LogP contribution is 2.35. The number of rotatable bonds is 15. The predicted octanol–water partition coefficient (Wildman–Crippen LogP) is 2.96. The van der Waals surface area contributed by atoms with Gasteiger partial charge in [-0.3, -0.25) is 5.21 Å². The van der Waals surface area contributed by atoms with Gasteiger partial charge in [0.05, 0.1) is 36.6 Å². The summed E-state index contributed by atoms with van der Waals surface area (Å²) in [6.45, 7) is 5.30. The fraction of sp³-hybridized carbons (Fsp3) is 0.562. The second-order valence-corrected chi connectivity index (χ2v) is 14.1. The van der Waals surface area contributed by atoms with E-state index in [2.05, 4.69) is 10.6 Å². The molecule has 16 heteroatoms. The SMILES string of the molecule is CNC(=O)NCCOc1ccc(CC(CCN(CC(C)C)S(=O)(=O)c2ccc3c(c2)OCO3)N(O)C(=O)OC2COC3OCCC23)cc1. The summed E-state index contributed by atoms with van der Waals surface area (Å²) in [4.78, 5) is 24.7. The number of carbonyl (C=O) groups is 2. The summed E-state index contributed by atoms with van der Waals surface area (Å²) in [7, 11) is -2.45. The molecule has 5 rings (SSSR count). The van der Waals surface area contributed by atoms with Crippen molar-refractivity contribution in [2.45, 2.75) is 56.4 Å². The first-order chi connectivity index (χ1) is 23.0. The van der Waals surface area contributed by atoms with Crippen LogP contribution in [0.2, 0.25) is 0 Å². The van der Waals surface area contributed by atoms with Crippen LogP contribution in [0.25, 0.3) is 0 Å². The zero-order valence-corrected chi connectivity index (χ0v) is 28.1. The lowest BCUT2D eigenvalue weighted by Crippen LogP contribution is -2.44. The molecule has 48 heavy (non-hydrogen) atoms. The number of urea groups is 1. The summed E-state index contributed by atoms with van der Waals surface area (Å²) in [6, 6.07) is 10.4. The van der Waals surface area contributed by atoms with Crippen molar-refractivity contribution in [2.75, 3.05) is 53.3 Å². The second-order valence-electron chi connectivity index (χ2n) is 12.2. The van der Waals surface area contributed by atoms with Crippen LogP contribution in [-0.2, 0) is 30.7 Å². The smallest absolute Gasteiger partial charge is 0.434 e. The Bertz CT molecular complexity index is 1510. The van der Waals surface area contributed by atoms with Gasteiger partial charge >= 0.3 is 12.1 Å². The molecule has 0 radical (unpaired) electrons. The lowest BCUT2D eigenvalue weighted by atomic mass is 10.0. The fourth-order valence-electron chi connectivity index (χ4n) is 5.80. The molecule has 2 saturated heterocycles. The highest BCUT2D eigenvalue weighted by Gasteiger charge is 2.44. The van der Waals surface area contributed by atoms with Crippen molar-refractivity contribution >= 4 is 22.1 Å². The predicted molar refractivity (Wildman–Crippen MR) is 170 cm³/mol. The van der Waals surface area contributed by atoms with Crippen LogP contribution in [0.3, 0.4) is 0 Å². The van der Waals surface area contributed by atoms with Crippen molar-refractivity contribution in [1.29, 1.82) is 0 Å². The summed E-state index contributed by atoms with van der Waals surface area (Å²) in [6.07, 6.45) is -0.980. The largest absolute Gasteiger partial charge is 0.492 e. The number of ether oxygens (including phenoxy) is 6. The van der Waals surface area contributed by atoms with Gasteiger partial charge in [-0.05, 0) is 55.0 Å². The summed E-state index contributed by atoms with van der Waals surface area (Å²) in [5, 5.41) is 16.9. The number of hydrogen-bond donors (Lipinski definition) is 3. The Morgan fingerprint density at radius 3 is 2.60 bits per heavy atom. The van der Waals surface area contributed by atoms with E-state index in [9.17, 15) is 23.2 Å². The standard InChI is InChI=1S/C32H44N4O11S/c1-21(2)18-35(48(40,41)25-8-9-27-28(17-25)46-20-45-27)13-10-23(36(39)32(38)47-29-19-44-30-26(29)11-14-43-30)16-22-4-6-24(7-5-22)42-15-12-34-31(37)33-3/h4-9,17,21,23,26,29-30,39H,10-16,18-20H2,1-3H3,(H2,33,34,37). The van der Waals surface area contributed by atoms with Gasteiger partial charge in [0, 0.05) is 26.2 Å². The molecule has 3 heterocycles. The zero-order valence-electron chi connectivity index (χ0n) is 27.3. The highest BCUT2D eigenvalue weighted by molar-refractivity contribution is 7.89. The minimum atomic E-state index is -3.98. The maximum absolute atomic E-state index is 13.9. The van der Waals surface area contributed by atoms with Crippen molar-refractivity contribution < 1.29 is 51.6 Å². The van der Waals surface area contributed by atoms with Gasteiger partial charge in [0.1, 0.15) is 18.5 Å². The third-order valence-electron chi connectivity index (χ3n) is 8.31. The topological polar surface area (TPSA) is 174 Å². The molecule has 4 atom stereocenters. The quantitative estimate of drug-likeness (QED) is 0.142. The van der Waals surface area contributed by atoms with Crippen LogP contribution < -0.4 is 24.8 Å². The van der Waals surface area contributed by atoms with E-state index in [-0.39, 0.29) is 68.7 Å². The number of carbonyl (C=O) groups excluding carboxylic acids is 2. The van der Waals surface area contributed by atoms with E-state index in [4.69, 9.17) is 28.4 Å². The van der Waals surface area contributed by atoms with Crippen molar-refractivity contribution in [3.05, 3.63) is 48.0 Å². The lowest BCUT2D eigenvalue weighted by molar-refractivity contribution is -0.116. The van der Waals surface area contributed by atoms with Crippen molar-refractivity contribution in [2.24, 2.45) is 11.8 Å². The number of nitrogens with zero attached hydrogens (tertiary/aromatic N) is 2. The Hall–Kier alpha value is -3.83. The number of fused-ring (bicyclic) bond motifs is 2. The molecule has 3 N–H and O–H groups in total. The second kappa shape index (κ2) is 16.0. The molecule has 0 aromatic heterocycles. The Kier molecular flexibility index (Phi) is 11.9. The number of benzene rings is 2.